The second-order valence-electron chi connectivity index (χ2n) is 6.96. The average Bonchev–Trinajstić information content (AvgIpc) is 3.05. The highest BCUT2D eigenvalue weighted by Gasteiger charge is 2.57. The van der Waals surface area contributed by atoms with E-state index in [2.05, 4.69) is 21.0 Å². The molecule has 0 fully saturated rings. The van der Waals surface area contributed by atoms with Crippen molar-refractivity contribution < 1.29 is 9.72 Å². The molecule has 6 nitrogen and oxygen atoms in total. The van der Waals surface area contributed by atoms with Crippen molar-refractivity contribution in [3.05, 3.63) is 112 Å². The number of nitrogens with zero attached hydrogens (tertiary/aromatic N) is 3. The first-order valence-corrected chi connectivity index (χ1v) is 10.2. The number of para-hydroxylation sites is 1. The van der Waals surface area contributed by atoms with Gasteiger partial charge in [-0.3, -0.25) is 14.9 Å². The second-order valence-corrected chi connectivity index (χ2v) is 8.21. The number of alkyl halides is 1. The summed E-state index contributed by atoms with van der Waals surface area (Å²) in [6.07, 6.45) is 0. The van der Waals surface area contributed by atoms with Crippen molar-refractivity contribution in [1.82, 2.24) is 0 Å². The van der Waals surface area contributed by atoms with Crippen LogP contribution in [0.15, 0.2) is 96.1 Å². The Hall–Kier alpha value is -3.32. The molecule has 0 radical (unpaired) electrons. The summed E-state index contributed by atoms with van der Waals surface area (Å²) in [4.78, 5) is 25.0. The fraction of sp³-hybridized carbons (Fsp3) is 0.130. The van der Waals surface area contributed by atoms with E-state index in [-0.39, 0.29) is 10.8 Å². The van der Waals surface area contributed by atoms with E-state index in [0.29, 0.717) is 17.0 Å². The van der Waals surface area contributed by atoms with Crippen LogP contribution in [-0.2, 0) is 4.79 Å². The predicted molar refractivity (Wildman–Crippen MR) is 120 cm³/mol. The summed E-state index contributed by atoms with van der Waals surface area (Å²) < 4.78 is -1.39. The van der Waals surface area contributed by atoms with Crippen molar-refractivity contribution in [3.63, 3.8) is 0 Å². The minimum absolute atomic E-state index is 0.358. The third-order valence-corrected chi connectivity index (χ3v) is 6.38. The van der Waals surface area contributed by atoms with Gasteiger partial charge in [0.15, 0.2) is 4.32 Å². The first kappa shape index (κ1) is 20.0. The van der Waals surface area contributed by atoms with Crippen LogP contribution in [0.1, 0.15) is 17.0 Å². The molecule has 0 N–H and O–H groups in total. The summed E-state index contributed by atoms with van der Waals surface area (Å²) in [5, 5.41) is 17.6. The number of hydrogen-bond acceptors (Lipinski definition) is 4. The molecule has 1 amide bonds. The van der Waals surface area contributed by atoms with Gasteiger partial charge >= 0.3 is 0 Å². The van der Waals surface area contributed by atoms with Gasteiger partial charge in [0, 0.05) is 4.92 Å². The SMILES string of the molecule is O=C1N(c2ccccc2)N=C(c2ccccc2)[C@]1(Br)[C@@H](C[N+](=O)[O-])c1ccccc1. The second kappa shape index (κ2) is 8.20. The van der Waals surface area contributed by atoms with Gasteiger partial charge in [0.1, 0.15) is 0 Å². The lowest BCUT2D eigenvalue weighted by Gasteiger charge is -2.30. The molecule has 0 unspecified atom stereocenters. The first-order valence-electron chi connectivity index (χ1n) is 9.41. The van der Waals surface area contributed by atoms with Crippen LogP contribution in [0.5, 0.6) is 0 Å². The highest BCUT2D eigenvalue weighted by atomic mass is 79.9. The molecule has 0 bridgehead atoms. The van der Waals surface area contributed by atoms with Gasteiger partial charge < -0.3 is 0 Å². The molecule has 1 heterocycles. The normalized spacial score (nSPS) is 19.4. The smallest absolute Gasteiger partial charge is 0.270 e. The fourth-order valence-corrected chi connectivity index (χ4v) is 4.58. The Morgan fingerprint density at radius 3 is 2.03 bits per heavy atom. The van der Waals surface area contributed by atoms with Gasteiger partial charge in [0.2, 0.25) is 6.54 Å². The molecule has 1 aliphatic rings. The van der Waals surface area contributed by atoms with Gasteiger partial charge in [-0.15, -0.1) is 0 Å². The maximum atomic E-state index is 13.7. The molecular formula is C23H18BrN3O3. The lowest BCUT2D eigenvalue weighted by atomic mass is 9.80. The molecule has 0 spiro atoms. The molecule has 0 aromatic heterocycles. The minimum atomic E-state index is -1.39. The minimum Gasteiger partial charge on any atom is -0.270 e. The van der Waals surface area contributed by atoms with E-state index in [1.807, 2.05) is 66.7 Å². The largest absolute Gasteiger partial charge is 0.271 e. The highest BCUT2D eigenvalue weighted by molar-refractivity contribution is 9.10. The molecule has 2 atom stereocenters. The number of hydrogen-bond donors (Lipinski definition) is 0. The highest BCUT2D eigenvalue weighted by Crippen LogP contribution is 2.45. The number of hydrazone groups is 1. The zero-order valence-electron chi connectivity index (χ0n) is 15.9. The summed E-state index contributed by atoms with van der Waals surface area (Å²) in [6.45, 7) is -0.421. The molecule has 3 aromatic rings. The van der Waals surface area contributed by atoms with E-state index >= 15 is 0 Å². The Kier molecular flexibility index (Phi) is 5.46. The number of anilines is 1. The lowest BCUT2D eigenvalue weighted by Crippen LogP contribution is -2.48. The molecule has 4 rings (SSSR count). The van der Waals surface area contributed by atoms with Gasteiger partial charge in [-0.25, -0.2) is 0 Å². The molecule has 0 saturated carbocycles. The van der Waals surface area contributed by atoms with Crippen molar-refractivity contribution in [1.29, 1.82) is 0 Å². The molecule has 3 aromatic carbocycles. The van der Waals surface area contributed by atoms with Crippen molar-refractivity contribution in [2.45, 2.75) is 10.2 Å². The van der Waals surface area contributed by atoms with Gasteiger partial charge in [0.05, 0.1) is 17.3 Å². The van der Waals surface area contributed by atoms with Crippen LogP contribution < -0.4 is 5.01 Å². The molecule has 0 saturated heterocycles. The van der Waals surface area contributed by atoms with E-state index in [9.17, 15) is 14.9 Å². The number of carbonyl (C=O) groups is 1. The summed E-state index contributed by atoms with van der Waals surface area (Å²) in [6, 6.07) is 27.4. The van der Waals surface area contributed by atoms with Crippen molar-refractivity contribution >= 4 is 33.2 Å². The van der Waals surface area contributed by atoms with E-state index in [4.69, 9.17) is 0 Å². The van der Waals surface area contributed by atoms with Crippen LogP contribution in [0, 0.1) is 10.1 Å². The summed E-state index contributed by atoms with van der Waals surface area (Å²) in [5.74, 6) is -1.11. The number of benzene rings is 3. The van der Waals surface area contributed by atoms with Crippen LogP contribution in [0.25, 0.3) is 0 Å². The summed E-state index contributed by atoms with van der Waals surface area (Å²) in [7, 11) is 0. The third-order valence-electron chi connectivity index (χ3n) is 5.11. The van der Waals surface area contributed by atoms with Gasteiger partial charge in [-0.05, 0) is 23.3 Å². The Morgan fingerprint density at radius 2 is 1.47 bits per heavy atom. The van der Waals surface area contributed by atoms with Gasteiger partial charge in [-0.1, -0.05) is 94.8 Å². The number of rotatable bonds is 6. The maximum Gasteiger partial charge on any atom is 0.271 e. The van der Waals surface area contributed by atoms with Crippen molar-refractivity contribution in [2.75, 3.05) is 11.6 Å². The Morgan fingerprint density at radius 1 is 0.933 bits per heavy atom. The topological polar surface area (TPSA) is 75.8 Å². The van der Waals surface area contributed by atoms with E-state index in [1.165, 1.54) is 5.01 Å². The first-order chi connectivity index (χ1) is 14.5. The fourth-order valence-electron chi connectivity index (χ4n) is 3.69. The standard InChI is InChI=1S/C23H18BrN3O3/c24-23(20(16-26(29)30)17-10-4-1-5-11-17)21(18-12-6-2-7-13-18)25-27(22(23)28)19-14-8-3-9-15-19/h1-15,20H,16H2/t20-,23+/m0/s1. The maximum absolute atomic E-state index is 13.7. The monoisotopic (exact) mass is 463 g/mol. The molecular weight excluding hydrogens is 446 g/mol. The number of carbonyl (C=O) groups excluding carboxylic acids is 1. The van der Waals surface area contributed by atoms with E-state index < -0.39 is 16.8 Å². The summed E-state index contributed by atoms with van der Waals surface area (Å²) in [5.41, 5.74) is 2.47. The molecule has 30 heavy (non-hydrogen) atoms. The number of halogens is 1. The van der Waals surface area contributed by atoms with E-state index in [0.717, 1.165) is 5.56 Å². The van der Waals surface area contributed by atoms with Gasteiger partial charge in [0.25, 0.3) is 5.91 Å². The van der Waals surface area contributed by atoms with Crippen LogP contribution in [0.3, 0.4) is 0 Å². The Balaban J connectivity index is 1.90. The zero-order valence-corrected chi connectivity index (χ0v) is 17.5. The van der Waals surface area contributed by atoms with Crippen LogP contribution in [0.2, 0.25) is 0 Å². The molecule has 1 aliphatic heterocycles. The van der Waals surface area contributed by atoms with Crippen LogP contribution in [-0.4, -0.2) is 27.4 Å². The number of amides is 1. The molecule has 150 valence electrons. The molecule has 7 heteroatoms. The average molecular weight is 464 g/mol. The van der Waals surface area contributed by atoms with Crippen LogP contribution in [0.4, 0.5) is 5.69 Å². The molecule has 0 aliphatic carbocycles. The third kappa shape index (κ3) is 3.52. The van der Waals surface area contributed by atoms with E-state index in [1.54, 1.807) is 24.3 Å². The quantitative estimate of drug-likeness (QED) is 0.303. The zero-order chi connectivity index (χ0) is 21.1. The number of nitro groups is 1. The Labute approximate surface area is 182 Å². The van der Waals surface area contributed by atoms with Crippen LogP contribution >= 0.6 is 15.9 Å². The van der Waals surface area contributed by atoms with Crippen molar-refractivity contribution in [2.24, 2.45) is 5.10 Å². The van der Waals surface area contributed by atoms with Gasteiger partial charge in [-0.2, -0.15) is 10.1 Å². The Bertz CT molecular complexity index is 1090. The lowest BCUT2D eigenvalue weighted by molar-refractivity contribution is -0.483. The van der Waals surface area contributed by atoms with Crippen molar-refractivity contribution in [3.8, 4) is 0 Å². The summed E-state index contributed by atoms with van der Waals surface area (Å²) >= 11 is 3.66. The predicted octanol–water partition coefficient (Wildman–Crippen LogP) is 4.63.